The second-order valence-electron chi connectivity index (χ2n) is 4.52. The smallest absolute Gasteiger partial charge is 0.151 e. The molecule has 0 aromatic carbocycles. The van der Waals surface area contributed by atoms with E-state index in [4.69, 9.17) is 0 Å². The minimum Gasteiger partial charge on any atom is -0.396 e. The Balaban J connectivity index is 2.30. The van der Waals surface area contributed by atoms with E-state index in [1.807, 2.05) is 0 Å². The lowest BCUT2D eigenvalue weighted by Crippen LogP contribution is -2.42. The van der Waals surface area contributed by atoms with Gasteiger partial charge in [0.1, 0.15) is 0 Å². The maximum absolute atomic E-state index is 11.3. The summed E-state index contributed by atoms with van der Waals surface area (Å²) in [5, 5.41) is 12.5. The minimum absolute atomic E-state index is 0.206. The van der Waals surface area contributed by atoms with Crippen LogP contribution in [0.4, 0.5) is 0 Å². The first kappa shape index (κ1) is 13.9. The van der Waals surface area contributed by atoms with E-state index >= 15 is 0 Å². The van der Waals surface area contributed by atoms with E-state index in [1.54, 1.807) is 6.92 Å². The molecule has 1 aliphatic carbocycles. The molecule has 0 heterocycles. The molecule has 5 heteroatoms. The van der Waals surface area contributed by atoms with E-state index in [0.717, 1.165) is 12.8 Å². The third kappa shape index (κ3) is 4.39. The van der Waals surface area contributed by atoms with E-state index in [9.17, 15) is 13.5 Å². The summed E-state index contributed by atoms with van der Waals surface area (Å²) in [7, 11) is -2.87. The molecule has 0 bridgehead atoms. The van der Waals surface area contributed by atoms with E-state index in [1.165, 1.54) is 12.8 Å². The van der Waals surface area contributed by atoms with Crippen LogP contribution < -0.4 is 5.32 Å². The minimum atomic E-state index is -2.87. The Bertz CT molecular complexity index is 290. The molecule has 4 nitrogen and oxygen atoms in total. The van der Waals surface area contributed by atoms with E-state index in [0.29, 0.717) is 18.5 Å². The number of hydrogen-bond donors (Lipinski definition) is 2. The van der Waals surface area contributed by atoms with Gasteiger partial charge >= 0.3 is 0 Å². The number of sulfone groups is 1. The molecule has 1 aliphatic rings. The number of aliphatic hydroxyl groups is 1. The average molecular weight is 249 g/mol. The van der Waals surface area contributed by atoms with Gasteiger partial charge in [-0.2, -0.15) is 0 Å². The predicted molar refractivity (Wildman–Crippen MR) is 65.2 cm³/mol. The largest absolute Gasteiger partial charge is 0.396 e. The quantitative estimate of drug-likeness (QED) is 0.722. The first-order valence-corrected chi connectivity index (χ1v) is 7.96. The summed E-state index contributed by atoms with van der Waals surface area (Å²) in [4.78, 5) is 0. The normalized spacial score (nSPS) is 26.9. The SMILES string of the molecule is CCS(=O)(=O)CCNC1CCCCC1CO. The Morgan fingerprint density at radius 1 is 1.31 bits per heavy atom. The highest BCUT2D eigenvalue weighted by molar-refractivity contribution is 7.91. The van der Waals surface area contributed by atoms with E-state index in [-0.39, 0.29) is 18.1 Å². The molecule has 2 unspecified atom stereocenters. The molecule has 0 amide bonds. The predicted octanol–water partition coefficient (Wildman–Crippen LogP) is 0.562. The highest BCUT2D eigenvalue weighted by atomic mass is 32.2. The van der Waals surface area contributed by atoms with Crippen molar-refractivity contribution in [2.24, 2.45) is 5.92 Å². The summed E-state index contributed by atoms with van der Waals surface area (Å²) in [6.45, 7) is 2.39. The fourth-order valence-electron chi connectivity index (χ4n) is 2.24. The van der Waals surface area contributed by atoms with Gasteiger partial charge < -0.3 is 10.4 Å². The van der Waals surface area contributed by atoms with Crippen molar-refractivity contribution in [3.8, 4) is 0 Å². The van der Waals surface area contributed by atoms with Crippen molar-refractivity contribution in [1.29, 1.82) is 0 Å². The molecule has 1 fully saturated rings. The standard InChI is InChI=1S/C11H23NO3S/c1-2-16(14,15)8-7-12-11-6-4-3-5-10(11)9-13/h10-13H,2-9H2,1H3. The summed E-state index contributed by atoms with van der Waals surface area (Å²) < 4.78 is 22.6. The maximum Gasteiger partial charge on any atom is 0.151 e. The van der Waals surface area contributed by atoms with Gasteiger partial charge in [-0.3, -0.25) is 0 Å². The van der Waals surface area contributed by atoms with Crippen LogP contribution in [-0.4, -0.2) is 44.2 Å². The van der Waals surface area contributed by atoms with Crippen molar-refractivity contribution in [1.82, 2.24) is 5.32 Å². The first-order valence-electron chi connectivity index (χ1n) is 6.13. The van der Waals surface area contributed by atoms with Crippen molar-refractivity contribution >= 4 is 9.84 Å². The van der Waals surface area contributed by atoms with Crippen molar-refractivity contribution in [2.75, 3.05) is 24.7 Å². The average Bonchev–Trinajstić information content (AvgIpc) is 2.29. The van der Waals surface area contributed by atoms with Gasteiger partial charge in [-0.1, -0.05) is 19.8 Å². The van der Waals surface area contributed by atoms with Gasteiger partial charge in [0.15, 0.2) is 9.84 Å². The van der Waals surface area contributed by atoms with Crippen LogP contribution in [-0.2, 0) is 9.84 Å². The molecule has 96 valence electrons. The molecule has 0 aliphatic heterocycles. The lowest BCUT2D eigenvalue weighted by atomic mass is 9.85. The summed E-state index contributed by atoms with van der Waals surface area (Å²) in [5.74, 6) is 0.721. The topological polar surface area (TPSA) is 66.4 Å². The summed E-state index contributed by atoms with van der Waals surface area (Å²) in [5.41, 5.74) is 0. The van der Waals surface area contributed by atoms with Gasteiger partial charge in [-0.05, 0) is 18.8 Å². The molecule has 1 rings (SSSR count). The molecular formula is C11H23NO3S. The summed E-state index contributed by atoms with van der Waals surface area (Å²) >= 11 is 0. The molecule has 16 heavy (non-hydrogen) atoms. The second kappa shape index (κ2) is 6.57. The maximum atomic E-state index is 11.3. The van der Waals surface area contributed by atoms with Crippen molar-refractivity contribution < 1.29 is 13.5 Å². The van der Waals surface area contributed by atoms with Crippen molar-refractivity contribution in [3.63, 3.8) is 0 Å². The number of rotatable bonds is 6. The molecule has 0 spiro atoms. The van der Waals surface area contributed by atoms with Gasteiger partial charge in [0.2, 0.25) is 0 Å². The zero-order chi connectivity index (χ0) is 12.0. The van der Waals surface area contributed by atoms with Crippen LogP contribution in [0.25, 0.3) is 0 Å². The summed E-state index contributed by atoms with van der Waals surface area (Å²) in [6, 6.07) is 0.297. The third-order valence-corrected chi connectivity index (χ3v) is 5.11. The lowest BCUT2D eigenvalue weighted by Gasteiger charge is -2.31. The van der Waals surface area contributed by atoms with Crippen LogP contribution in [0.3, 0.4) is 0 Å². The second-order valence-corrected chi connectivity index (χ2v) is 7.00. The van der Waals surface area contributed by atoms with E-state index < -0.39 is 9.84 Å². The lowest BCUT2D eigenvalue weighted by molar-refractivity contribution is 0.154. The van der Waals surface area contributed by atoms with Crippen molar-refractivity contribution in [3.05, 3.63) is 0 Å². The molecular weight excluding hydrogens is 226 g/mol. The molecule has 0 radical (unpaired) electrons. The van der Waals surface area contributed by atoms with Gasteiger partial charge in [0.25, 0.3) is 0 Å². The Hall–Kier alpha value is -0.130. The summed E-state index contributed by atoms with van der Waals surface area (Å²) in [6.07, 6.45) is 4.46. The molecule has 0 aromatic heterocycles. The fourth-order valence-corrected chi connectivity index (χ4v) is 2.96. The zero-order valence-corrected chi connectivity index (χ0v) is 10.8. The number of hydrogen-bond acceptors (Lipinski definition) is 4. The third-order valence-electron chi connectivity index (χ3n) is 3.40. The highest BCUT2D eigenvalue weighted by Gasteiger charge is 2.24. The van der Waals surface area contributed by atoms with Gasteiger partial charge in [-0.25, -0.2) is 8.42 Å². The Morgan fingerprint density at radius 3 is 2.62 bits per heavy atom. The molecule has 0 aromatic rings. The number of nitrogens with one attached hydrogen (secondary N) is 1. The van der Waals surface area contributed by atoms with Crippen molar-refractivity contribution in [2.45, 2.75) is 38.6 Å². The molecule has 2 atom stereocenters. The van der Waals surface area contributed by atoms with Gasteiger partial charge in [0, 0.05) is 24.9 Å². The Labute approximate surface area is 98.4 Å². The van der Waals surface area contributed by atoms with Gasteiger partial charge in [0.05, 0.1) is 5.75 Å². The fraction of sp³-hybridized carbons (Fsp3) is 1.00. The van der Waals surface area contributed by atoms with Crippen LogP contribution in [0.5, 0.6) is 0 Å². The first-order chi connectivity index (χ1) is 7.59. The van der Waals surface area contributed by atoms with Crippen LogP contribution in [0.2, 0.25) is 0 Å². The zero-order valence-electron chi connectivity index (χ0n) is 9.98. The number of aliphatic hydroxyl groups excluding tert-OH is 1. The van der Waals surface area contributed by atoms with Crippen LogP contribution in [0.1, 0.15) is 32.6 Å². The Morgan fingerprint density at radius 2 is 2.00 bits per heavy atom. The highest BCUT2D eigenvalue weighted by Crippen LogP contribution is 2.23. The van der Waals surface area contributed by atoms with Crippen LogP contribution in [0, 0.1) is 5.92 Å². The van der Waals surface area contributed by atoms with Crippen LogP contribution >= 0.6 is 0 Å². The van der Waals surface area contributed by atoms with E-state index in [2.05, 4.69) is 5.32 Å². The monoisotopic (exact) mass is 249 g/mol. The molecule has 2 N–H and O–H groups in total. The van der Waals surface area contributed by atoms with Crippen LogP contribution in [0.15, 0.2) is 0 Å². The molecule has 1 saturated carbocycles. The molecule has 0 saturated heterocycles. The Kier molecular flexibility index (Phi) is 5.72. The van der Waals surface area contributed by atoms with Gasteiger partial charge in [-0.15, -0.1) is 0 Å².